The third kappa shape index (κ3) is 3.46. The SMILES string of the molecule is Cc1nc2n(n1)C(Nc1ccc(Br)cc1)=NC[C@H]2Cc1ccncc1. The molecule has 0 amide bonds. The van der Waals surface area contributed by atoms with Crippen molar-refractivity contribution in [3.8, 4) is 0 Å². The summed E-state index contributed by atoms with van der Waals surface area (Å²) in [6, 6.07) is 12.1. The van der Waals surface area contributed by atoms with Crippen LogP contribution in [0.3, 0.4) is 0 Å². The predicted molar refractivity (Wildman–Crippen MR) is 101 cm³/mol. The average molecular weight is 397 g/mol. The summed E-state index contributed by atoms with van der Waals surface area (Å²) in [6.07, 6.45) is 4.51. The smallest absolute Gasteiger partial charge is 0.225 e. The van der Waals surface area contributed by atoms with E-state index in [0.29, 0.717) is 12.5 Å². The van der Waals surface area contributed by atoms with E-state index in [1.165, 1.54) is 5.56 Å². The summed E-state index contributed by atoms with van der Waals surface area (Å²) in [7, 11) is 0. The van der Waals surface area contributed by atoms with Crippen molar-refractivity contribution in [2.45, 2.75) is 19.3 Å². The zero-order chi connectivity index (χ0) is 17.2. The summed E-state index contributed by atoms with van der Waals surface area (Å²) in [5, 5.41) is 7.87. The summed E-state index contributed by atoms with van der Waals surface area (Å²) in [5.74, 6) is 2.62. The number of anilines is 1. The van der Waals surface area contributed by atoms with E-state index in [2.05, 4.69) is 36.3 Å². The number of rotatable bonds is 3. The van der Waals surface area contributed by atoms with Crippen LogP contribution in [0.15, 0.2) is 58.3 Å². The predicted octanol–water partition coefficient (Wildman–Crippen LogP) is 3.40. The number of benzene rings is 1. The molecule has 0 spiro atoms. The molecule has 0 bridgehead atoms. The molecule has 126 valence electrons. The van der Waals surface area contributed by atoms with Crippen molar-refractivity contribution in [3.63, 3.8) is 0 Å². The number of aliphatic imine (C=N–C) groups is 1. The number of halogens is 1. The minimum atomic E-state index is 0.207. The standard InChI is InChI=1S/C18H17BrN6/c1-12-22-17-14(10-13-6-8-20-9-7-13)11-21-18(25(17)24-12)23-16-4-2-15(19)3-5-16/h2-9,14H,10-11H2,1H3,(H,21,23)/t14-/m1/s1. The van der Waals surface area contributed by atoms with E-state index in [9.17, 15) is 0 Å². The average Bonchev–Trinajstić information content (AvgIpc) is 3.02. The zero-order valence-electron chi connectivity index (χ0n) is 13.7. The van der Waals surface area contributed by atoms with Gasteiger partial charge in [0, 0.05) is 28.5 Å². The lowest BCUT2D eigenvalue weighted by atomic mass is 9.98. The molecule has 1 aliphatic heterocycles. The molecule has 1 N–H and O–H groups in total. The molecule has 2 aromatic heterocycles. The topological polar surface area (TPSA) is 68.0 Å². The lowest BCUT2D eigenvalue weighted by molar-refractivity contribution is 0.605. The minimum absolute atomic E-state index is 0.207. The van der Waals surface area contributed by atoms with Gasteiger partial charge in [0.25, 0.3) is 0 Å². The van der Waals surface area contributed by atoms with Crippen LogP contribution in [0.4, 0.5) is 5.69 Å². The summed E-state index contributed by atoms with van der Waals surface area (Å²) < 4.78 is 2.87. The second-order valence-corrected chi connectivity index (χ2v) is 6.90. The normalized spacial score (nSPS) is 16.2. The van der Waals surface area contributed by atoms with Crippen LogP contribution in [0.2, 0.25) is 0 Å². The molecule has 25 heavy (non-hydrogen) atoms. The van der Waals surface area contributed by atoms with Gasteiger partial charge in [-0.15, -0.1) is 5.10 Å². The van der Waals surface area contributed by atoms with E-state index in [1.54, 1.807) is 0 Å². The number of hydrogen-bond donors (Lipinski definition) is 1. The van der Waals surface area contributed by atoms with Crippen LogP contribution in [0.1, 0.15) is 23.1 Å². The highest BCUT2D eigenvalue weighted by atomic mass is 79.9. The Morgan fingerprint density at radius 3 is 2.68 bits per heavy atom. The third-order valence-corrected chi connectivity index (χ3v) is 4.63. The second-order valence-electron chi connectivity index (χ2n) is 5.98. The molecule has 7 heteroatoms. The quantitative estimate of drug-likeness (QED) is 0.736. The van der Waals surface area contributed by atoms with Crippen LogP contribution in [0.25, 0.3) is 0 Å². The first-order valence-electron chi connectivity index (χ1n) is 8.09. The fourth-order valence-corrected chi connectivity index (χ4v) is 3.18. The zero-order valence-corrected chi connectivity index (χ0v) is 15.3. The van der Waals surface area contributed by atoms with Gasteiger partial charge in [0.2, 0.25) is 5.96 Å². The highest BCUT2D eigenvalue weighted by molar-refractivity contribution is 9.10. The highest BCUT2D eigenvalue weighted by Crippen LogP contribution is 2.24. The number of hydrogen-bond acceptors (Lipinski definition) is 5. The Labute approximate surface area is 154 Å². The Morgan fingerprint density at radius 1 is 1.16 bits per heavy atom. The summed E-state index contributed by atoms with van der Waals surface area (Å²) >= 11 is 3.45. The van der Waals surface area contributed by atoms with Crippen molar-refractivity contribution in [2.24, 2.45) is 4.99 Å². The molecular weight excluding hydrogens is 380 g/mol. The van der Waals surface area contributed by atoms with Gasteiger partial charge in [-0.2, -0.15) is 4.68 Å². The molecule has 3 heterocycles. The molecule has 0 radical (unpaired) electrons. The first kappa shape index (κ1) is 16.0. The molecule has 1 aromatic carbocycles. The van der Waals surface area contributed by atoms with Crippen molar-refractivity contribution in [2.75, 3.05) is 11.9 Å². The molecule has 6 nitrogen and oxygen atoms in total. The molecule has 1 aliphatic rings. The van der Waals surface area contributed by atoms with Crippen LogP contribution in [-0.4, -0.2) is 32.3 Å². The van der Waals surface area contributed by atoms with Crippen molar-refractivity contribution in [1.82, 2.24) is 19.7 Å². The van der Waals surface area contributed by atoms with Crippen molar-refractivity contribution in [1.29, 1.82) is 0 Å². The maximum atomic E-state index is 4.72. The maximum absolute atomic E-state index is 4.72. The molecule has 1 atom stereocenters. The van der Waals surface area contributed by atoms with E-state index < -0.39 is 0 Å². The van der Waals surface area contributed by atoms with Crippen LogP contribution in [0.5, 0.6) is 0 Å². The van der Waals surface area contributed by atoms with Gasteiger partial charge in [-0.05, 0) is 55.3 Å². The Balaban J connectivity index is 1.60. The van der Waals surface area contributed by atoms with Crippen molar-refractivity contribution >= 4 is 27.6 Å². The fraction of sp³-hybridized carbons (Fsp3) is 0.222. The van der Waals surface area contributed by atoms with E-state index in [4.69, 9.17) is 4.99 Å². The van der Waals surface area contributed by atoms with Crippen LogP contribution in [-0.2, 0) is 6.42 Å². The van der Waals surface area contributed by atoms with Crippen molar-refractivity contribution in [3.05, 3.63) is 70.5 Å². The van der Waals surface area contributed by atoms with Gasteiger partial charge in [0.05, 0.1) is 6.54 Å². The first-order chi connectivity index (χ1) is 12.2. The lowest BCUT2D eigenvalue weighted by Crippen LogP contribution is -2.32. The number of aryl methyl sites for hydroxylation is 1. The molecule has 0 saturated carbocycles. The van der Waals surface area contributed by atoms with E-state index in [0.717, 1.165) is 28.2 Å². The molecular formula is C18H17BrN6. The van der Waals surface area contributed by atoms with Gasteiger partial charge in [0.15, 0.2) is 0 Å². The Hall–Kier alpha value is -2.54. The number of nitrogens with zero attached hydrogens (tertiary/aromatic N) is 5. The summed E-state index contributed by atoms with van der Waals surface area (Å²) in [4.78, 5) is 13.4. The first-order valence-corrected chi connectivity index (χ1v) is 8.88. The van der Waals surface area contributed by atoms with Crippen LogP contribution >= 0.6 is 15.9 Å². The highest BCUT2D eigenvalue weighted by Gasteiger charge is 2.26. The molecule has 0 aliphatic carbocycles. The van der Waals surface area contributed by atoms with E-state index >= 15 is 0 Å². The minimum Gasteiger partial charge on any atom is -0.324 e. The molecule has 4 rings (SSSR count). The van der Waals surface area contributed by atoms with Gasteiger partial charge < -0.3 is 5.32 Å². The van der Waals surface area contributed by atoms with Gasteiger partial charge in [0.1, 0.15) is 11.6 Å². The van der Waals surface area contributed by atoms with Crippen molar-refractivity contribution < 1.29 is 0 Å². The number of aromatic nitrogens is 4. The van der Waals surface area contributed by atoms with Gasteiger partial charge in [-0.1, -0.05) is 15.9 Å². The van der Waals surface area contributed by atoms with Gasteiger partial charge in [-0.3, -0.25) is 9.98 Å². The van der Waals surface area contributed by atoms with E-state index in [1.807, 2.05) is 60.4 Å². The summed E-state index contributed by atoms with van der Waals surface area (Å²) in [5.41, 5.74) is 2.19. The number of pyridine rings is 1. The number of nitrogens with one attached hydrogen (secondary N) is 1. The number of fused-ring (bicyclic) bond motifs is 1. The maximum Gasteiger partial charge on any atom is 0.225 e. The summed E-state index contributed by atoms with van der Waals surface area (Å²) in [6.45, 7) is 2.59. The molecule has 3 aromatic rings. The Bertz CT molecular complexity index is 901. The lowest BCUT2D eigenvalue weighted by Gasteiger charge is -2.22. The third-order valence-electron chi connectivity index (χ3n) is 4.10. The van der Waals surface area contributed by atoms with Gasteiger partial charge in [-0.25, -0.2) is 4.98 Å². The Morgan fingerprint density at radius 2 is 1.92 bits per heavy atom. The van der Waals surface area contributed by atoms with Gasteiger partial charge >= 0.3 is 0 Å². The second kappa shape index (κ2) is 6.76. The molecule has 0 unspecified atom stereocenters. The monoisotopic (exact) mass is 396 g/mol. The molecule has 0 saturated heterocycles. The van der Waals surface area contributed by atoms with E-state index in [-0.39, 0.29) is 5.92 Å². The Kier molecular flexibility index (Phi) is 4.31. The van der Waals surface area contributed by atoms with Crippen LogP contribution < -0.4 is 5.32 Å². The largest absolute Gasteiger partial charge is 0.324 e. The molecule has 0 fully saturated rings. The van der Waals surface area contributed by atoms with Crippen LogP contribution in [0, 0.1) is 6.92 Å². The fourth-order valence-electron chi connectivity index (χ4n) is 2.91.